The van der Waals surface area contributed by atoms with E-state index in [2.05, 4.69) is 63.9 Å². The molecule has 1 unspecified atom stereocenters. The van der Waals surface area contributed by atoms with Gasteiger partial charge in [0.1, 0.15) is 0 Å². The van der Waals surface area contributed by atoms with Gasteiger partial charge in [-0.3, -0.25) is 0 Å². The van der Waals surface area contributed by atoms with Crippen molar-refractivity contribution >= 4 is 17.5 Å². The third-order valence-corrected chi connectivity index (χ3v) is 3.84. The van der Waals surface area contributed by atoms with E-state index in [-0.39, 0.29) is 6.04 Å². The van der Waals surface area contributed by atoms with E-state index < -0.39 is 0 Å². The Morgan fingerprint density at radius 1 is 1.00 bits per heavy atom. The van der Waals surface area contributed by atoms with Crippen LogP contribution in [0.1, 0.15) is 31.0 Å². The molecule has 0 amide bonds. The number of benzene rings is 2. The van der Waals surface area contributed by atoms with Gasteiger partial charge in [-0.1, -0.05) is 49.4 Å². The van der Waals surface area contributed by atoms with Crippen LogP contribution in [0.4, 0.5) is 17.5 Å². The Morgan fingerprint density at radius 3 is 2.46 bits per heavy atom. The third kappa shape index (κ3) is 4.07. The van der Waals surface area contributed by atoms with Crippen molar-refractivity contribution in [3.05, 3.63) is 71.9 Å². The Labute approximate surface area is 142 Å². The van der Waals surface area contributed by atoms with E-state index in [1.165, 1.54) is 11.1 Å². The Bertz CT molecular complexity index is 771. The van der Waals surface area contributed by atoms with Crippen LogP contribution in [-0.2, 0) is 6.42 Å². The molecule has 0 fully saturated rings. The van der Waals surface area contributed by atoms with Gasteiger partial charge in [0.05, 0.1) is 12.2 Å². The Balaban J connectivity index is 1.69. The van der Waals surface area contributed by atoms with Gasteiger partial charge in [0.15, 0.2) is 5.82 Å². The normalized spacial score (nSPS) is 11.8. The number of nitrogens with zero attached hydrogens (tertiary/aromatic N) is 3. The zero-order valence-corrected chi connectivity index (χ0v) is 13.9. The molecule has 122 valence electrons. The zero-order valence-electron chi connectivity index (χ0n) is 13.9. The molecule has 0 saturated carbocycles. The second-order valence-corrected chi connectivity index (χ2v) is 5.62. The molecule has 0 aliphatic heterocycles. The third-order valence-electron chi connectivity index (χ3n) is 3.84. The van der Waals surface area contributed by atoms with Crippen LogP contribution >= 0.6 is 0 Å². The lowest BCUT2D eigenvalue weighted by Crippen LogP contribution is -2.10. The summed E-state index contributed by atoms with van der Waals surface area (Å²) in [4.78, 5) is 4.48. The van der Waals surface area contributed by atoms with E-state index in [9.17, 15) is 0 Å². The molecule has 2 N–H and O–H groups in total. The fourth-order valence-corrected chi connectivity index (χ4v) is 2.42. The number of rotatable bonds is 6. The minimum atomic E-state index is 0.104. The Hall–Kier alpha value is -2.95. The number of hydrogen-bond donors (Lipinski definition) is 2. The minimum absolute atomic E-state index is 0.104. The van der Waals surface area contributed by atoms with Gasteiger partial charge in [0.25, 0.3) is 0 Å². The highest BCUT2D eigenvalue weighted by Gasteiger charge is 2.07. The van der Waals surface area contributed by atoms with E-state index in [0.29, 0.717) is 11.8 Å². The summed E-state index contributed by atoms with van der Waals surface area (Å²) in [5.41, 5.74) is 3.46. The molecular formula is C19H21N5. The quantitative estimate of drug-likeness (QED) is 0.707. The molecule has 0 bridgehead atoms. The van der Waals surface area contributed by atoms with Crippen LogP contribution in [0.5, 0.6) is 0 Å². The summed E-state index contributed by atoms with van der Waals surface area (Å²) in [6.07, 6.45) is 2.65. The number of aryl methyl sites for hydroxylation is 1. The molecule has 0 aliphatic rings. The highest BCUT2D eigenvalue weighted by Crippen LogP contribution is 2.18. The lowest BCUT2D eigenvalue weighted by atomic mass is 10.1. The van der Waals surface area contributed by atoms with Crippen molar-refractivity contribution in [3.8, 4) is 0 Å². The van der Waals surface area contributed by atoms with E-state index in [0.717, 1.165) is 12.1 Å². The van der Waals surface area contributed by atoms with E-state index in [1.54, 1.807) is 6.20 Å². The van der Waals surface area contributed by atoms with Crippen LogP contribution < -0.4 is 10.6 Å². The second kappa shape index (κ2) is 7.55. The number of hydrogen-bond acceptors (Lipinski definition) is 5. The maximum atomic E-state index is 4.48. The first kappa shape index (κ1) is 15.9. The van der Waals surface area contributed by atoms with Crippen molar-refractivity contribution in [1.82, 2.24) is 15.2 Å². The molecule has 1 aromatic heterocycles. The molecule has 1 atom stereocenters. The van der Waals surface area contributed by atoms with Crippen molar-refractivity contribution in [1.29, 1.82) is 0 Å². The molecule has 2 aromatic carbocycles. The summed E-state index contributed by atoms with van der Waals surface area (Å²) in [6.45, 7) is 4.21. The van der Waals surface area contributed by atoms with Gasteiger partial charge in [-0.05, 0) is 36.6 Å². The summed E-state index contributed by atoms with van der Waals surface area (Å²) in [7, 11) is 0. The van der Waals surface area contributed by atoms with Crippen molar-refractivity contribution < 1.29 is 0 Å². The standard InChI is InChI=1S/C19H21N5/c1-3-15-9-11-17(12-10-15)22-18-13-20-24-19(23-18)21-14(2)16-7-5-4-6-8-16/h4-14H,3H2,1-2H3,(H2,21,22,23,24). The van der Waals surface area contributed by atoms with Crippen molar-refractivity contribution in [2.24, 2.45) is 0 Å². The van der Waals surface area contributed by atoms with Gasteiger partial charge in [0, 0.05) is 5.69 Å². The van der Waals surface area contributed by atoms with Crippen LogP contribution in [0, 0.1) is 0 Å². The maximum Gasteiger partial charge on any atom is 0.245 e. The average Bonchev–Trinajstić information content (AvgIpc) is 2.63. The predicted octanol–water partition coefficient (Wildman–Crippen LogP) is 4.35. The van der Waals surface area contributed by atoms with Gasteiger partial charge < -0.3 is 10.6 Å². The Morgan fingerprint density at radius 2 is 1.75 bits per heavy atom. The second-order valence-electron chi connectivity index (χ2n) is 5.62. The van der Waals surface area contributed by atoms with Gasteiger partial charge in [-0.2, -0.15) is 10.1 Å². The number of anilines is 3. The predicted molar refractivity (Wildman–Crippen MR) is 97.4 cm³/mol. The van der Waals surface area contributed by atoms with Crippen LogP contribution in [0.3, 0.4) is 0 Å². The van der Waals surface area contributed by atoms with Crippen LogP contribution in [-0.4, -0.2) is 15.2 Å². The van der Waals surface area contributed by atoms with Gasteiger partial charge in [0.2, 0.25) is 5.95 Å². The molecule has 3 aromatic rings. The summed E-state index contributed by atoms with van der Waals surface area (Å²) in [5, 5.41) is 14.6. The zero-order chi connectivity index (χ0) is 16.8. The molecule has 0 aliphatic carbocycles. The molecule has 5 nitrogen and oxygen atoms in total. The van der Waals surface area contributed by atoms with Gasteiger partial charge in [-0.25, -0.2) is 0 Å². The minimum Gasteiger partial charge on any atom is -0.346 e. The summed E-state index contributed by atoms with van der Waals surface area (Å²) in [5.74, 6) is 1.17. The van der Waals surface area contributed by atoms with Crippen LogP contribution in [0.15, 0.2) is 60.8 Å². The molecule has 1 heterocycles. The molecule has 0 saturated heterocycles. The van der Waals surface area contributed by atoms with Gasteiger partial charge >= 0.3 is 0 Å². The molecular weight excluding hydrogens is 298 g/mol. The first-order valence-electron chi connectivity index (χ1n) is 8.12. The van der Waals surface area contributed by atoms with Crippen molar-refractivity contribution in [2.45, 2.75) is 26.3 Å². The Kier molecular flexibility index (Phi) is 5.01. The number of nitrogens with one attached hydrogen (secondary N) is 2. The molecule has 0 spiro atoms. The summed E-state index contributed by atoms with van der Waals surface area (Å²) < 4.78 is 0. The maximum absolute atomic E-state index is 4.48. The topological polar surface area (TPSA) is 62.7 Å². The highest BCUT2D eigenvalue weighted by molar-refractivity contribution is 5.56. The van der Waals surface area contributed by atoms with Crippen LogP contribution in [0.2, 0.25) is 0 Å². The first-order valence-corrected chi connectivity index (χ1v) is 8.12. The monoisotopic (exact) mass is 319 g/mol. The molecule has 0 radical (unpaired) electrons. The molecule has 5 heteroatoms. The highest BCUT2D eigenvalue weighted by atomic mass is 15.3. The summed E-state index contributed by atoms with van der Waals surface area (Å²) in [6, 6.07) is 18.6. The average molecular weight is 319 g/mol. The fourth-order valence-electron chi connectivity index (χ4n) is 2.42. The first-order chi connectivity index (χ1) is 11.7. The molecule has 24 heavy (non-hydrogen) atoms. The van der Waals surface area contributed by atoms with E-state index in [4.69, 9.17) is 0 Å². The largest absolute Gasteiger partial charge is 0.346 e. The fraction of sp³-hybridized carbons (Fsp3) is 0.211. The smallest absolute Gasteiger partial charge is 0.245 e. The SMILES string of the molecule is CCc1ccc(Nc2cnnc(NC(C)c3ccccc3)n2)cc1. The summed E-state index contributed by atoms with van der Waals surface area (Å²) >= 11 is 0. The van der Waals surface area contributed by atoms with Crippen molar-refractivity contribution in [3.63, 3.8) is 0 Å². The van der Waals surface area contributed by atoms with Crippen molar-refractivity contribution in [2.75, 3.05) is 10.6 Å². The lowest BCUT2D eigenvalue weighted by molar-refractivity contribution is 0.841. The molecule has 3 rings (SSSR count). The van der Waals surface area contributed by atoms with Gasteiger partial charge in [-0.15, -0.1) is 5.10 Å². The van der Waals surface area contributed by atoms with E-state index >= 15 is 0 Å². The lowest BCUT2D eigenvalue weighted by Gasteiger charge is -2.14. The van der Waals surface area contributed by atoms with Crippen LogP contribution in [0.25, 0.3) is 0 Å². The van der Waals surface area contributed by atoms with E-state index in [1.807, 2.05) is 30.3 Å². The number of aromatic nitrogens is 3.